The zero-order chi connectivity index (χ0) is 21.1. The molecule has 6 nitrogen and oxygen atoms in total. The van der Waals surface area contributed by atoms with Crippen molar-refractivity contribution in [1.29, 1.82) is 0 Å². The summed E-state index contributed by atoms with van der Waals surface area (Å²) in [4.78, 5) is 15.4. The SMILES string of the molecule is NC(=O)Cc1cc(-c2ccc(NCC3(c4ncccc4F)CCC3)nn2)ccc1F. The number of nitrogens with zero attached hydrogens (tertiary/aromatic N) is 3. The van der Waals surface area contributed by atoms with Crippen molar-refractivity contribution in [2.45, 2.75) is 31.1 Å². The van der Waals surface area contributed by atoms with Gasteiger partial charge in [0.1, 0.15) is 17.5 Å². The zero-order valence-electron chi connectivity index (χ0n) is 16.2. The molecule has 3 aromatic rings. The van der Waals surface area contributed by atoms with E-state index in [4.69, 9.17) is 5.73 Å². The van der Waals surface area contributed by atoms with E-state index in [0.717, 1.165) is 19.3 Å². The molecule has 0 bridgehead atoms. The number of pyridine rings is 1. The first-order valence-electron chi connectivity index (χ1n) is 9.73. The summed E-state index contributed by atoms with van der Waals surface area (Å²) in [5.41, 5.74) is 6.71. The summed E-state index contributed by atoms with van der Waals surface area (Å²) in [7, 11) is 0. The second-order valence-corrected chi connectivity index (χ2v) is 7.57. The monoisotopic (exact) mass is 409 g/mol. The predicted molar refractivity (Wildman–Crippen MR) is 109 cm³/mol. The van der Waals surface area contributed by atoms with Crippen molar-refractivity contribution in [1.82, 2.24) is 15.2 Å². The highest BCUT2D eigenvalue weighted by Crippen LogP contribution is 2.43. The molecule has 0 radical (unpaired) electrons. The van der Waals surface area contributed by atoms with Crippen molar-refractivity contribution < 1.29 is 13.6 Å². The molecule has 2 heterocycles. The highest BCUT2D eigenvalue weighted by Gasteiger charge is 2.41. The summed E-state index contributed by atoms with van der Waals surface area (Å²) in [6, 6.07) is 10.9. The van der Waals surface area contributed by atoms with Gasteiger partial charge in [0.2, 0.25) is 5.91 Å². The van der Waals surface area contributed by atoms with E-state index >= 15 is 0 Å². The molecular formula is C22H21F2N5O. The van der Waals surface area contributed by atoms with Crippen LogP contribution in [-0.2, 0) is 16.6 Å². The largest absolute Gasteiger partial charge is 0.369 e. The molecule has 0 spiro atoms. The highest BCUT2D eigenvalue weighted by atomic mass is 19.1. The molecule has 1 aliphatic rings. The quantitative estimate of drug-likeness (QED) is 0.624. The van der Waals surface area contributed by atoms with Crippen LogP contribution in [0.1, 0.15) is 30.5 Å². The number of rotatable bonds is 7. The van der Waals surface area contributed by atoms with Gasteiger partial charge in [0.15, 0.2) is 0 Å². The van der Waals surface area contributed by atoms with Crippen LogP contribution in [0.2, 0.25) is 0 Å². The van der Waals surface area contributed by atoms with Crippen LogP contribution in [0.3, 0.4) is 0 Å². The Hall–Kier alpha value is -3.42. The number of hydrogen-bond donors (Lipinski definition) is 2. The third-order valence-electron chi connectivity index (χ3n) is 5.55. The van der Waals surface area contributed by atoms with E-state index in [1.165, 1.54) is 12.1 Å². The molecule has 8 heteroatoms. The van der Waals surface area contributed by atoms with Crippen molar-refractivity contribution in [3.63, 3.8) is 0 Å². The minimum atomic E-state index is -0.606. The standard InChI is InChI=1S/C22H21F2N5O/c23-16-5-4-14(11-15(16)12-19(25)30)18-6-7-20(29-28-18)27-13-22(8-2-9-22)21-17(24)3-1-10-26-21/h1,3-7,10-11H,2,8-9,12-13H2,(H2,25,30)(H,27,29). The van der Waals surface area contributed by atoms with Gasteiger partial charge in [-0.3, -0.25) is 9.78 Å². The minimum Gasteiger partial charge on any atom is -0.369 e. The lowest BCUT2D eigenvalue weighted by molar-refractivity contribution is -0.117. The molecule has 1 amide bonds. The van der Waals surface area contributed by atoms with Gasteiger partial charge < -0.3 is 11.1 Å². The van der Waals surface area contributed by atoms with Gasteiger partial charge in [0.05, 0.1) is 17.8 Å². The average Bonchev–Trinajstić information content (AvgIpc) is 2.70. The predicted octanol–water partition coefficient (Wildman–Crippen LogP) is 3.38. The highest BCUT2D eigenvalue weighted by molar-refractivity contribution is 5.77. The van der Waals surface area contributed by atoms with E-state index in [9.17, 15) is 13.6 Å². The van der Waals surface area contributed by atoms with Gasteiger partial charge in [-0.1, -0.05) is 6.42 Å². The van der Waals surface area contributed by atoms with Crippen molar-refractivity contribution in [2.75, 3.05) is 11.9 Å². The second-order valence-electron chi connectivity index (χ2n) is 7.57. The van der Waals surface area contributed by atoms with Crippen molar-refractivity contribution in [3.05, 3.63) is 71.6 Å². The molecule has 30 heavy (non-hydrogen) atoms. The normalized spacial score (nSPS) is 14.7. The lowest BCUT2D eigenvalue weighted by Crippen LogP contribution is -2.42. The van der Waals surface area contributed by atoms with Crippen LogP contribution in [0.4, 0.5) is 14.6 Å². The summed E-state index contributed by atoms with van der Waals surface area (Å²) in [6.07, 6.45) is 4.18. The summed E-state index contributed by atoms with van der Waals surface area (Å²) in [5, 5.41) is 11.6. The van der Waals surface area contributed by atoms with Gasteiger partial charge in [-0.2, -0.15) is 0 Å². The Morgan fingerprint density at radius 3 is 2.57 bits per heavy atom. The molecule has 0 atom stereocenters. The number of nitrogens with one attached hydrogen (secondary N) is 1. The van der Waals surface area contributed by atoms with E-state index < -0.39 is 11.7 Å². The van der Waals surface area contributed by atoms with Gasteiger partial charge in [0, 0.05) is 23.7 Å². The Bertz CT molecular complexity index is 1070. The number of carbonyl (C=O) groups excluding carboxylic acids is 1. The van der Waals surface area contributed by atoms with Crippen molar-refractivity contribution in [2.24, 2.45) is 5.73 Å². The van der Waals surface area contributed by atoms with Gasteiger partial charge >= 0.3 is 0 Å². The van der Waals surface area contributed by atoms with Crippen molar-refractivity contribution >= 4 is 11.7 Å². The maximum absolute atomic E-state index is 14.2. The smallest absolute Gasteiger partial charge is 0.221 e. The molecule has 1 fully saturated rings. The molecule has 0 saturated heterocycles. The molecule has 1 aliphatic carbocycles. The summed E-state index contributed by atoms with van der Waals surface area (Å²) in [5.74, 6) is -0.827. The fraction of sp³-hybridized carbons (Fsp3) is 0.273. The van der Waals surface area contributed by atoms with Gasteiger partial charge in [-0.15, -0.1) is 10.2 Å². The van der Waals surface area contributed by atoms with Crippen LogP contribution in [0, 0.1) is 11.6 Å². The number of anilines is 1. The molecular weight excluding hydrogens is 388 g/mol. The first-order chi connectivity index (χ1) is 14.5. The van der Waals surface area contributed by atoms with Gasteiger partial charge in [0.25, 0.3) is 0 Å². The number of amides is 1. The van der Waals surface area contributed by atoms with E-state index in [2.05, 4.69) is 20.5 Å². The van der Waals surface area contributed by atoms with Crippen LogP contribution in [0.25, 0.3) is 11.3 Å². The van der Waals surface area contributed by atoms with E-state index in [1.54, 1.807) is 36.5 Å². The minimum absolute atomic E-state index is 0.182. The topological polar surface area (TPSA) is 93.8 Å². The first-order valence-corrected chi connectivity index (χ1v) is 9.73. The molecule has 2 aromatic heterocycles. The third kappa shape index (κ3) is 3.98. The number of primary amides is 1. The third-order valence-corrected chi connectivity index (χ3v) is 5.55. The fourth-order valence-corrected chi connectivity index (χ4v) is 3.77. The maximum atomic E-state index is 14.2. The summed E-state index contributed by atoms with van der Waals surface area (Å²) in [6.45, 7) is 0.508. The van der Waals surface area contributed by atoms with Gasteiger partial charge in [-0.25, -0.2) is 8.78 Å². The molecule has 1 aromatic carbocycles. The van der Waals surface area contributed by atoms with Gasteiger partial charge in [-0.05, 0) is 60.9 Å². The zero-order valence-corrected chi connectivity index (χ0v) is 16.2. The molecule has 1 saturated carbocycles. The van der Waals surface area contributed by atoms with Crippen LogP contribution in [-0.4, -0.2) is 27.6 Å². The molecule has 0 aliphatic heterocycles. The lowest BCUT2D eigenvalue weighted by atomic mass is 9.66. The van der Waals surface area contributed by atoms with Crippen LogP contribution in [0.15, 0.2) is 48.7 Å². The lowest BCUT2D eigenvalue weighted by Gasteiger charge is -2.41. The Labute approximate surface area is 172 Å². The second kappa shape index (κ2) is 8.14. The molecule has 3 N–H and O–H groups in total. The fourth-order valence-electron chi connectivity index (χ4n) is 3.77. The maximum Gasteiger partial charge on any atom is 0.221 e. The number of benzene rings is 1. The number of nitrogens with two attached hydrogens (primary N) is 1. The van der Waals surface area contributed by atoms with Crippen LogP contribution in [0.5, 0.6) is 0 Å². The Morgan fingerprint density at radius 1 is 1.10 bits per heavy atom. The van der Waals surface area contributed by atoms with E-state index in [1.807, 2.05) is 0 Å². The first kappa shape index (κ1) is 19.9. The van der Waals surface area contributed by atoms with E-state index in [0.29, 0.717) is 29.3 Å². The van der Waals surface area contributed by atoms with Crippen LogP contribution < -0.4 is 11.1 Å². The molecule has 4 rings (SSSR count). The number of hydrogen-bond acceptors (Lipinski definition) is 5. The number of carbonyl (C=O) groups is 1. The summed E-state index contributed by atoms with van der Waals surface area (Å²) < 4.78 is 28.1. The Kier molecular flexibility index (Phi) is 5.39. The average molecular weight is 409 g/mol. The Morgan fingerprint density at radius 2 is 1.93 bits per heavy atom. The summed E-state index contributed by atoms with van der Waals surface area (Å²) >= 11 is 0. The van der Waals surface area contributed by atoms with Crippen LogP contribution >= 0.6 is 0 Å². The number of halogens is 2. The van der Waals surface area contributed by atoms with E-state index in [-0.39, 0.29) is 23.2 Å². The molecule has 0 unspecified atom stereocenters. The van der Waals surface area contributed by atoms with Crippen molar-refractivity contribution in [3.8, 4) is 11.3 Å². The molecule has 154 valence electrons. The Balaban J connectivity index is 1.48. The number of aromatic nitrogens is 3.